The van der Waals surface area contributed by atoms with Crippen molar-refractivity contribution in [1.82, 2.24) is 0 Å². The molecule has 0 saturated carbocycles. The van der Waals surface area contributed by atoms with Crippen molar-refractivity contribution in [2.75, 3.05) is 0 Å². The predicted molar refractivity (Wildman–Crippen MR) is 102 cm³/mol. The Balaban J connectivity index is 1.74. The number of fused-ring (bicyclic) bond motifs is 3. The quantitative estimate of drug-likeness (QED) is 0.413. The van der Waals surface area contributed by atoms with Gasteiger partial charge in [0.05, 0.1) is 0 Å². The Hall–Kier alpha value is -2.54. The molecule has 0 radical (unpaired) electrons. The highest BCUT2D eigenvalue weighted by atomic mass is 16.3. The molecule has 0 spiro atoms. The van der Waals surface area contributed by atoms with Crippen molar-refractivity contribution in [3.63, 3.8) is 0 Å². The largest absolute Gasteiger partial charge is 0.456 e. The van der Waals surface area contributed by atoms with Crippen LogP contribution in [0.3, 0.4) is 0 Å². The van der Waals surface area contributed by atoms with Crippen LogP contribution < -0.4 is 0 Å². The van der Waals surface area contributed by atoms with Crippen LogP contribution in [0.25, 0.3) is 21.9 Å². The van der Waals surface area contributed by atoms with Gasteiger partial charge in [-0.15, -0.1) is 0 Å². The van der Waals surface area contributed by atoms with E-state index in [1.165, 1.54) is 27.5 Å². The summed E-state index contributed by atoms with van der Waals surface area (Å²) in [7, 11) is 0. The fourth-order valence-electron chi connectivity index (χ4n) is 3.29. The molecule has 4 rings (SSSR count). The molecular formula is C23H22O. The first-order chi connectivity index (χ1) is 11.5. The highest BCUT2D eigenvalue weighted by Gasteiger charge is 2.14. The molecular weight excluding hydrogens is 292 g/mol. The Kier molecular flexibility index (Phi) is 3.45. The summed E-state index contributed by atoms with van der Waals surface area (Å²) in [5, 5.41) is 2.40. The highest BCUT2D eigenvalue weighted by molar-refractivity contribution is 6.05. The molecule has 0 atom stereocenters. The van der Waals surface area contributed by atoms with E-state index in [0.29, 0.717) is 0 Å². The van der Waals surface area contributed by atoms with E-state index < -0.39 is 0 Å². The molecule has 0 saturated heterocycles. The van der Waals surface area contributed by atoms with Gasteiger partial charge in [-0.1, -0.05) is 81.4 Å². The lowest BCUT2D eigenvalue weighted by Crippen LogP contribution is -2.10. The van der Waals surface area contributed by atoms with Crippen molar-refractivity contribution in [2.45, 2.75) is 32.6 Å². The smallest absolute Gasteiger partial charge is 0.138 e. The Labute approximate surface area is 142 Å². The van der Waals surface area contributed by atoms with Crippen molar-refractivity contribution in [3.8, 4) is 0 Å². The molecule has 0 bridgehead atoms. The minimum atomic E-state index is 0.192. The Bertz CT molecular complexity index is 998. The lowest BCUT2D eigenvalue weighted by molar-refractivity contribution is 0.590. The molecule has 1 aromatic heterocycles. The van der Waals surface area contributed by atoms with E-state index in [0.717, 1.165) is 17.6 Å². The van der Waals surface area contributed by atoms with Crippen LogP contribution in [0.2, 0.25) is 0 Å². The zero-order chi connectivity index (χ0) is 16.7. The van der Waals surface area contributed by atoms with Gasteiger partial charge in [-0.2, -0.15) is 0 Å². The number of hydrogen-bond donors (Lipinski definition) is 0. The van der Waals surface area contributed by atoms with Crippen molar-refractivity contribution < 1.29 is 4.42 Å². The highest BCUT2D eigenvalue weighted by Crippen LogP contribution is 2.32. The maximum Gasteiger partial charge on any atom is 0.138 e. The van der Waals surface area contributed by atoms with Crippen molar-refractivity contribution in [1.29, 1.82) is 0 Å². The molecule has 1 heteroatoms. The van der Waals surface area contributed by atoms with Crippen molar-refractivity contribution in [2.24, 2.45) is 0 Å². The summed E-state index contributed by atoms with van der Waals surface area (Å²) in [5.41, 5.74) is 6.09. The van der Waals surface area contributed by atoms with Crippen molar-refractivity contribution in [3.05, 3.63) is 83.4 Å². The molecule has 24 heavy (non-hydrogen) atoms. The van der Waals surface area contributed by atoms with E-state index in [-0.39, 0.29) is 5.41 Å². The summed E-state index contributed by atoms with van der Waals surface area (Å²) < 4.78 is 6.13. The second-order valence-electron chi connectivity index (χ2n) is 7.52. The molecule has 0 aliphatic heterocycles. The zero-order valence-corrected chi connectivity index (χ0v) is 14.5. The van der Waals surface area contributed by atoms with Crippen LogP contribution in [0.5, 0.6) is 0 Å². The maximum absolute atomic E-state index is 6.13. The molecule has 0 aliphatic carbocycles. The van der Waals surface area contributed by atoms with E-state index in [1.54, 1.807) is 0 Å². The third-order valence-electron chi connectivity index (χ3n) is 4.70. The predicted octanol–water partition coefficient (Wildman–Crippen LogP) is 6.47. The van der Waals surface area contributed by atoms with Gasteiger partial charge in [-0.3, -0.25) is 0 Å². The van der Waals surface area contributed by atoms with Crippen LogP contribution >= 0.6 is 0 Å². The van der Waals surface area contributed by atoms with E-state index >= 15 is 0 Å². The third kappa shape index (κ3) is 2.60. The van der Waals surface area contributed by atoms with Gasteiger partial charge in [-0.25, -0.2) is 0 Å². The molecule has 3 aromatic carbocycles. The van der Waals surface area contributed by atoms with E-state index in [4.69, 9.17) is 4.42 Å². The molecule has 1 heterocycles. The zero-order valence-electron chi connectivity index (χ0n) is 14.5. The number of para-hydroxylation sites is 2. The minimum Gasteiger partial charge on any atom is -0.456 e. The standard InChI is InChI=1S/C23H22O/c1-23(2,3)18-13-11-16(12-14-18)15-17-7-6-9-20-19-8-4-5-10-21(19)24-22(17)20/h4-14H,15H2,1-3H3. The number of benzene rings is 3. The van der Waals surface area contributed by atoms with Crippen LogP contribution in [-0.4, -0.2) is 0 Å². The van der Waals surface area contributed by atoms with Gasteiger partial charge in [0, 0.05) is 17.2 Å². The monoisotopic (exact) mass is 314 g/mol. The summed E-state index contributed by atoms with van der Waals surface area (Å²) in [6.07, 6.45) is 0.890. The summed E-state index contributed by atoms with van der Waals surface area (Å²) in [6, 6.07) is 23.7. The van der Waals surface area contributed by atoms with E-state index in [9.17, 15) is 0 Å². The van der Waals surface area contributed by atoms with Gasteiger partial charge in [0.25, 0.3) is 0 Å². The van der Waals surface area contributed by atoms with Gasteiger partial charge in [0.2, 0.25) is 0 Å². The van der Waals surface area contributed by atoms with E-state index in [1.807, 2.05) is 12.1 Å². The Morgan fingerprint density at radius 3 is 2.21 bits per heavy atom. The topological polar surface area (TPSA) is 13.1 Å². The molecule has 120 valence electrons. The number of furan rings is 1. The first-order valence-electron chi connectivity index (χ1n) is 8.51. The number of rotatable bonds is 2. The molecule has 0 aliphatic rings. The first-order valence-corrected chi connectivity index (χ1v) is 8.51. The summed E-state index contributed by atoms with van der Waals surface area (Å²) in [6.45, 7) is 6.74. The van der Waals surface area contributed by atoms with Gasteiger partial charge in [0.15, 0.2) is 0 Å². The summed E-state index contributed by atoms with van der Waals surface area (Å²) in [4.78, 5) is 0. The lowest BCUT2D eigenvalue weighted by atomic mass is 9.86. The molecule has 1 nitrogen and oxygen atoms in total. The molecule has 4 aromatic rings. The van der Waals surface area contributed by atoms with Gasteiger partial charge < -0.3 is 4.42 Å². The van der Waals surface area contributed by atoms with E-state index in [2.05, 4.69) is 75.4 Å². The van der Waals surface area contributed by atoms with Crippen LogP contribution in [0.15, 0.2) is 71.1 Å². The Morgan fingerprint density at radius 2 is 1.46 bits per heavy atom. The third-order valence-corrected chi connectivity index (χ3v) is 4.70. The van der Waals surface area contributed by atoms with Gasteiger partial charge in [-0.05, 0) is 28.2 Å². The average Bonchev–Trinajstić information content (AvgIpc) is 2.94. The second kappa shape index (κ2) is 5.52. The van der Waals surface area contributed by atoms with Crippen molar-refractivity contribution >= 4 is 21.9 Å². The first kappa shape index (κ1) is 15.0. The summed E-state index contributed by atoms with van der Waals surface area (Å²) in [5.74, 6) is 0. The molecule has 0 unspecified atom stereocenters. The summed E-state index contributed by atoms with van der Waals surface area (Å²) >= 11 is 0. The number of hydrogen-bond acceptors (Lipinski definition) is 1. The normalized spacial score (nSPS) is 12.1. The average molecular weight is 314 g/mol. The van der Waals surface area contributed by atoms with Gasteiger partial charge >= 0.3 is 0 Å². The fourth-order valence-corrected chi connectivity index (χ4v) is 3.29. The van der Waals surface area contributed by atoms with Crippen LogP contribution in [0.1, 0.15) is 37.5 Å². The molecule has 0 fully saturated rings. The molecule has 0 N–H and O–H groups in total. The Morgan fingerprint density at radius 1 is 0.750 bits per heavy atom. The van der Waals surface area contributed by atoms with Crippen LogP contribution in [0, 0.1) is 0 Å². The minimum absolute atomic E-state index is 0.192. The fraction of sp³-hybridized carbons (Fsp3) is 0.217. The lowest BCUT2D eigenvalue weighted by Gasteiger charge is -2.19. The second-order valence-corrected chi connectivity index (χ2v) is 7.52. The van der Waals surface area contributed by atoms with Crippen LogP contribution in [-0.2, 0) is 11.8 Å². The van der Waals surface area contributed by atoms with Crippen LogP contribution in [0.4, 0.5) is 0 Å². The SMILES string of the molecule is CC(C)(C)c1ccc(Cc2cccc3c2oc2ccccc23)cc1. The molecule has 0 amide bonds. The maximum atomic E-state index is 6.13. The van der Waals surface area contributed by atoms with Gasteiger partial charge in [0.1, 0.15) is 11.2 Å².